The topological polar surface area (TPSA) is 172 Å². The molecule has 0 fully saturated rings. The van der Waals surface area contributed by atoms with Gasteiger partial charge in [0.05, 0.1) is 13.2 Å². The zero-order chi connectivity index (χ0) is 44.9. The third-order valence-electron chi connectivity index (χ3n) is 11.3. The predicted molar refractivity (Wildman–Crippen MR) is 249 cm³/mol. The van der Waals surface area contributed by atoms with Crippen molar-refractivity contribution in [2.75, 3.05) is 19.8 Å². The molecule has 0 aromatic carbocycles. The fourth-order valence-corrected chi connectivity index (χ4v) is 8.08. The SMILES string of the molecule is CCCCCCCC/C=C/CCCCCCCCCCCCCC(=O)OC[C@@H](COP(=O)(O)OC[C@H](N)C(=O)O)OC(=O)CCCCCCCCCCCCCCCCCC. The van der Waals surface area contributed by atoms with Crippen molar-refractivity contribution in [1.29, 1.82) is 0 Å². The summed E-state index contributed by atoms with van der Waals surface area (Å²) in [4.78, 5) is 46.1. The Bertz CT molecular complexity index is 1090. The largest absolute Gasteiger partial charge is 0.480 e. The van der Waals surface area contributed by atoms with E-state index >= 15 is 0 Å². The molecule has 0 spiro atoms. The van der Waals surface area contributed by atoms with Gasteiger partial charge < -0.3 is 25.2 Å². The van der Waals surface area contributed by atoms with Crippen LogP contribution in [0.3, 0.4) is 0 Å². The van der Waals surface area contributed by atoms with E-state index in [2.05, 4.69) is 30.5 Å². The minimum Gasteiger partial charge on any atom is -0.480 e. The Balaban J connectivity index is 4.21. The number of carboxylic acids is 1. The zero-order valence-corrected chi connectivity index (χ0v) is 40.2. The van der Waals surface area contributed by atoms with Gasteiger partial charge in [0.15, 0.2) is 6.10 Å². The molecular formula is C49H94NO10P. The first-order chi connectivity index (χ1) is 29.6. The van der Waals surface area contributed by atoms with Crippen molar-refractivity contribution in [3.05, 3.63) is 12.2 Å². The molecule has 360 valence electrons. The molecular weight excluding hydrogens is 794 g/mol. The number of allylic oxidation sites excluding steroid dienone is 2. The molecule has 3 atom stereocenters. The number of ether oxygens (including phenoxy) is 2. The van der Waals surface area contributed by atoms with Gasteiger partial charge in [0.2, 0.25) is 0 Å². The average Bonchev–Trinajstić information content (AvgIpc) is 3.24. The van der Waals surface area contributed by atoms with Crippen LogP contribution in [0.4, 0.5) is 0 Å². The lowest BCUT2D eigenvalue weighted by molar-refractivity contribution is -0.161. The molecule has 4 N–H and O–H groups in total. The van der Waals surface area contributed by atoms with Crippen LogP contribution in [-0.2, 0) is 37.5 Å². The number of hydrogen-bond acceptors (Lipinski definition) is 9. The molecule has 0 rings (SSSR count). The molecule has 11 nitrogen and oxygen atoms in total. The summed E-state index contributed by atoms with van der Waals surface area (Å²) < 4.78 is 32.8. The van der Waals surface area contributed by atoms with Crippen LogP contribution in [0.5, 0.6) is 0 Å². The van der Waals surface area contributed by atoms with Crippen molar-refractivity contribution in [2.24, 2.45) is 5.73 Å². The summed E-state index contributed by atoms with van der Waals surface area (Å²) in [6, 6.07) is -1.52. The number of nitrogens with two attached hydrogens (primary N) is 1. The Labute approximate surface area is 373 Å². The van der Waals surface area contributed by atoms with Crippen molar-refractivity contribution in [3.8, 4) is 0 Å². The van der Waals surface area contributed by atoms with Crippen LogP contribution in [0.25, 0.3) is 0 Å². The summed E-state index contributed by atoms with van der Waals surface area (Å²) in [7, 11) is -4.71. The quantitative estimate of drug-likeness (QED) is 0.0230. The molecule has 0 aliphatic rings. The molecule has 0 aliphatic heterocycles. The number of carbonyl (C=O) groups is 3. The van der Waals surface area contributed by atoms with E-state index in [0.717, 1.165) is 38.5 Å². The summed E-state index contributed by atoms with van der Waals surface area (Å²) in [5.74, 6) is -2.36. The normalized spacial score (nSPS) is 13.6. The van der Waals surface area contributed by atoms with Crippen molar-refractivity contribution in [3.63, 3.8) is 0 Å². The first-order valence-electron chi connectivity index (χ1n) is 25.2. The maximum Gasteiger partial charge on any atom is 0.472 e. The van der Waals surface area contributed by atoms with E-state index < -0.39 is 51.1 Å². The van der Waals surface area contributed by atoms with Gasteiger partial charge in [-0.1, -0.05) is 212 Å². The van der Waals surface area contributed by atoms with Gasteiger partial charge in [0.25, 0.3) is 0 Å². The number of unbranched alkanes of at least 4 members (excludes halogenated alkanes) is 32. The highest BCUT2D eigenvalue weighted by molar-refractivity contribution is 7.47. The number of phosphoric ester groups is 1. The highest BCUT2D eigenvalue weighted by atomic mass is 31.2. The van der Waals surface area contributed by atoms with Crippen LogP contribution in [-0.4, -0.2) is 59.9 Å². The number of phosphoric acid groups is 1. The van der Waals surface area contributed by atoms with Crippen molar-refractivity contribution in [2.45, 2.75) is 264 Å². The van der Waals surface area contributed by atoms with E-state index in [0.29, 0.717) is 12.8 Å². The molecule has 0 aromatic heterocycles. The lowest BCUT2D eigenvalue weighted by atomic mass is 10.0. The number of aliphatic carboxylic acids is 1. The summed E-state index contributed by atoms with van der Waals surface area (Å²) in [6.45, 7) is 2.85. The Kier molecular flexibility index (Phi) is 43.5. The van der Waals surface area contributed by atoms with Gasteiger partial charge in [0.1, 0.15) is 12.6 Å². The summed E-state index contributed by atoms with van der Waals surface area (Å²) in [5, 5.41) is 8.91. The van der Waals surface area contributed by atoms with Gasteiger partial charge >= 0.3 is 25.7 Å². The van der Waals surface area contributed by atoms with Crippen molar-refractivity contribution < 1.29 is 47.5 Å². The maximum absolute atomic E-state index is 12.7. The molecule has 0 saturated carbocycles. The fourth-order valence-electron chi connectivity index (χ4n) is 7.30. The van der Waals surface area contributed by atoms with Gasteiger partial charge in [0, 0.05) is 12.8 Å². The van der Waals surface area contributed by atoms with E-state index in [-0.39, 0.29) is 19.4 Å². The lowest BCUT2D eigenvalue weighted by Gasteiger charge is -2.20. The predicted octanol–water partition coefficient (Wildman–Crippen LogP) is 14.0. The molecule has 0 saturated heterocycles. The highest BCUT2D eigenvalue weighted by Crippen LogP contribution is 2.43. The van der Waals surface area contributed by atoms with E-state index in [4.69, 9.17) is 24.8 Å². The van der Waals surface area contributed by atoms with Crippen LogP contribution in [0.2, 0.25) is 0 Å². The molecule has 0 bridgehead atoms. The smallest absolute Gasteiger partial charge is 0.472 e. The number of rotatable bonds is 48. The molecule has 0 radical (unpaired) electrons. The number of hydrogen-bond donors (Lipinski definition) is 3. The molecule has 12 heteroatoms. The van der Waals surface area contributed by atoms with Gasteiger partial charge in [-0.15, -0.1) is 0 Å². The summed E-state index contributed by atoms with van der Waals surface area (Å²) in [6.07, 6.45) is 47.0. The molecule has 0 aliphatic carbocycles. The minimum atomic E-state index is -4.71. The first-order valence-corrected chi connectivity index (χ1v) is 26.7. The average molecular weight is 888 g/mol. The van der Waals surface area contributed by atoms with Gasteiger partial charge in [-0.25, -0.2) is 4.57 Å². The standard InChI is InChI=1S/C49H94NO10P/c1-3-5-7-9-11-13-15-17-19-21-22-23-24-25-27-28-30-32-34-36-38-40-47(51)57-42-45(43-58-61(55,56)59-44-46(50)49(53)54)60-48(52)41-39-37-35-33-31-29-26-20-18-16-14-12-10-8-6-4-2/h17,19,45-46H,3-16,18,20-44,50H2,1-2H3,(H,53,54)(H,55,56)/b19-17+/t45-,46-/m0/s1. The molecule has 0 heterocycles. The lowest BCUT2D eigenvalue weighted by Crippen LogP contribution is -2.34. The number of carboxylic acid groups (broad SMARTS) is 1. The van der Waals surface area contributed by atoms with E-state index in [1.165, 1.54) is 173 Å². The maximum atomic E-state index is 12.7. The molecule has 61 heavy (non-hydrogen) atoms. The van der Waals surface area contributed by atoms with Crippen LogP contribution in [0.15, 0.2) is 12.2 Å². The Morgan fingerprint density at radius 1 is 0.492 bits per heavy atom. The highest BCUT2D eigenvalue weighted by Gasteiger charge is 2.28. The van der Waals surface area contributed by atoms with E-state index in [1.807, 2.05) is 0 Å². The number of carbonyl (C=O) groups excluding carboxylic acids is 2. The Morgan fingerprint density at radius 2 is 0.820 bits per heavy atom. The zero-order valence-electron chi connectivity index (χ0n) is 39.3. The summed E-state index contributed by atoms with van der Waals surface area (Å²) >= 11 is 0. The monoisotopic (exact) mass is 888 g/mol. The van der Waals surface area contributed by atoms with Crippen molar-refractivity contribution >= 4 is 25.7 Å². The van der Waals surface area contributed by atoms with Gasteiger partial charge in [-0.05, 0) is 38.5 Å². The van der Waals surface area contributed by atoms with Gasteiger partial charge in [-0.3, -0.25) is 23.4 Å². The van der Waals surface area contributed by atoms with E-state index in [9.17, 15) is 23.8 Å². The molecule has 0 amide bonds. The van der Waals surface area contributed by atoms with Crippen molar-refractivity contribution in [1.82, 2.24) is 0 Å². The molecule has 0 aromatic rings. The first kappa shape index (κ1) is 59.2. The fraction of sp³-hybridized carbons (Fsp3) is 0.898. The minimum absolute atomic E-state index is 0.168. The van der Waals surface area contributed by atoms with Crippen LogP contribution < -0.4 is 5.73 Å². The Hall–Kier alpha value is -1.78. The third kappa shape index (κ3) is 44.6. The van der Waals surface area contributed by atoms with Crippen LogP contribution in [0.1, 0.15) is 251 Å². The second-order valence-electron chi connectivity index (χ2n) is 17.3. The number of esters is 2. The van der Waals surface area contributed by atoms with Crippen LogP contribution in [0, 0.1) is 0 Å². The molecule has 1 unspecified atom stereocenters. The second kappa shape index (κ2) is 44.8. The third-order valence-corrected chi connectivity index (χ3v) is 12.2. The Morgan fingerprint density at radius 3 is 1.20 bits per heavy atom. The summed E-state index contributed by atoms with van der Waals surface area (Å²) in [5.41, 5.74) is 5.35. The van der Waals surface area contributed by atoms with Crippen LogP contribution >= 0.6 is 7.82 Å². The van der Waals surface area contributed by atoms with E-state index in [1.54, 1.807) is 0 Å². The second-order valence-corrected chi connectivity index (χ2v) is 18.8. The van der Waals surface area contributed by atoms with Gasteiger partial charge in [-0.2, -0.15) is 0 Å².